The maximum atomic E-state index is 12.0. The van der Waals surface area contributed by atoms with Gasteiger partial charge in [-0.2, -0.15) is 0 Å². The van der Waals surface area contributed by atoms with E-state index in [9.17, 15) is 4.79 Å². The molecule has 0 aliphatic rings. The van der Waals surface area contributed by atoms with Crippen LogP contribution in [0.25, 0.3) is 0 Å². The Morgan fingerprint density at radius 2 is 2.14 bits per heavy atom. The summed E-state index contributed by atoms with van der Waals surface area (Å²) in [4.78, 5) is 16.2. The van der Waals surface area contributed by atoms with Gasteiger partial charge >= 0.3 is 0 Å². The van der Waals surface area contributed by atoms with Gasteiger partial charge in [-0.25, -0.2) is 4.98 Å². The summed E-state index contributed by atoms with van der Waals surface area (Å²) in [6.45, 7) is 2.65. The van der Waals surface area contributed by atoms with Crippen molar-refractivity contribution in [2.75, 3.05) is 13.7 Å². The van der Waals surface area contributed by atoms with Crippen molar-refractivity contribution in [2.24, 2.45) is 0 Å². The van der Waals surface area contributed by atoms with E-state index >= 15 is 0 Å². The van der Waals surface area contributed by atoms with Gasteiger partial charge in [0.1, 0.15) is 23.1 Å². The highest BCUT2D eigenvalue weighted by Crippen LogP contribution is 2.18. The number of ether oxygens (including phenoxy) is 2. The Morgan fingerprint density at radius 3 is 2.82 bits per heavy atom. The third-order valence-corrected chi connectivity index (χ3v) is 3.83. The lowest BCUT2D eigenvalue weighted by atomic mass is 10.3. The molecule has 0 saturated carbocycles. The lowest BCUT2D eigenvalue weighted by Gasteiger charge is -2.11. The van der Waals surface area contributed by atoms with Gasteiger partial charge in [0.25, 0.3) is 5.91 Å². The lowest BCUT2D eigenvalue weighted by Crippen LogP contribution is -2.35. The Kier molecular flexibility index (Phi) is 6.18. The van der Waals surface area contributed by atoms with Gasteiger partial charge < -0.3 is 14.8 Å². The third kappa shape index (κ3) is 4.98. The van der Waals surface area contributed by atoms with Crippen LogP contribution in [0.15, 0.2) is 29.6 Å². The largest absolute Gasteiger partial charge is 0.486 e. The van der Waals surface area contributed by atoms with E-state index in [4.69, 9.17) is 21.1 Å². The van der Waals surface area contributed by atoms with E-state index in [1.807, 2.05) is 6.92 Å². The molecule has 2 rings (SSSR count). The van der Waals surface area contributed by atoms with Gasteiger partial charge in [-0.15, -0.1) is 11.3 Å². The summed E-state index contributed by atoms with van der Waals surface area (Å²) in [6.07, 6.45) is 0. The molecule has 1 aromatic heterocycles. The zero-order valence-electron chi connectivity index (χ0n) is 12.3. The number of aromatic nitrogens is 1. The van der Waals surface area contributed by atoms with Crippen LogP contribution in [0.1, 0.15) is 22.4 Å². The van der Waals surface area contributed by atoms with Crippen LogP contribution in [0.4, 0.5) is 0 Å². The van der Waals surface area contributed by atoms with E-state index in [1.54, 1.807) is 36.8 Å². The van der Waals surface area contributed by atoms with Crippen LogP contribution in [-0.2, 0) is 11.3 Å². The summed E-state index contributed by atoms with van der Waals surface area (Å²) in [6, 6.07) is 7.03. The van der Waals surface area contributed by atoms with E-state index in [1.165, 1.54) is 11.3 Å². The van der Waals surface area contributed by atoms with Crippen molar-refractivity contribution < 1.29 is 14.3 Å². The molecule has 0 bridgehead atoms. The average molecular weight is 341 g/mol. The quantitative estimate of drug-likeness (QED) is 0.841. The Bertz CT molecular complexity index is 616. The lowest BCUT2D eigenvalue weighted by molar-refractivity contribution is 0.0901. The minimum absolute atomic E-state index is 0.0621. The zero-order valence-corrected chi connectivity index (χ0v) is 13.9. The summed E-state index contributed by atoms with van der Waals surface area (Å²) < 4.78 is 10.6. The number of amides is 1. The summed E-state index contributed by atoms with van der Waals surface area (Å²) in [5.41, 5.74) is 0.391. The average Bonchev–Trinajstić information content (AvgIpc) is 2.96. The second-order valence-electron chi connectivity index (χ2n) is 4.70. The first kappa shape index (κ1) is 16.7. The standard InChI is InChI=1S/C15H17ClN2O3S/c1-10(7-20-2)17-15(19)13-9-22-14(18-13)8-21-12-5-3-11(16)4-6-12/h3-6,9-10H,7-8H2,1-2H3,(H,17,19)/t10-/m1/s1. The molecule has 0 saturated heterocycles. The monoisotopic (exact) mass is 340 g/mol. The molecule has 1 aromatic carbocycles. The number of hydrogen-bond acceptors (Lipinski definition) is 5. The second-order valence-corrected chi connectivity index (χ2v) is 6.08. The first-order valence-corrected chi connectivity index (χ1v) is 7.97. The summed E-state index contributed by atoms with van der Waals surface area (Å²) >= 11 is 7.20. The van der Waals surface area contributed by atoms with Crippen molar-refractivity contribution >= 4 is 28.8 Å². The van der Waals surface area contributed by atoms with Crippen molar-refractivity contribution in [3.63, 3.8) is 0 Å². The molecule has 7 heteroatoms. The Morgan fingerprint density at radius 1 is 1.41 bits per heavy atom. The number of nitrogens with zero attached hydrogens (tertiary/aromatic N) is 1. The number of thiazole rings is 1. The third-order valence-electron chi connectivity index (χ3n) is 2.75. The van der Waals surface area contributed by atoms with Crippen LogP contribution >= 0.6 is 22.9 Å². The summed E-state index contributed by atoms with van der Waals surface area (Å²) in [7, 11) is 1.59. The van der Waals surface area contributed by atoms with E-state index < -0.39 is 0 Å². The molecule has 1 heterocycles. The van der Waals surface area contributed by atoms with Crippen molar-refractivity contribution in [3.8, 4) is 5.75 Å². The normalized spacial score (nSPS) is 12.0. The molecule has 22 heavy (non-hydrogen) atoms. The molecular weight excluding hydrogens is 324 g/mol. The molecule has 0 fully saturated rings. The predicted octanol–water partition coefficient (Wildman–Crippen LogP) is 3.14. The smallest absolute Gasteiger partial charge is 0.271 e. The first-order chi connectivity index (χ1) is 10.6. The maximum Gasteiger partial charge on any atom is 0.271 e. The van der Waals surface area contributed by atoms with E-state index in [-0.39, 0.29) is 11.9 Å². The topological polar surface area (TPSA) is 60.5 Å². The van der Waals surface area contributed by atoms with Crippen molar-refractivity contribution in [1.82, 2.24) is 10.3 Å². The van der Waals surface area contributed by atoms with Crippen molar-refractivity contribution in [1.29, 1.82) is 0 Å². The van der Waals surface area contributed by atoms with Gasteiger partial charge in [0, 0.05) is 23.6 Å². The zero-order chi connectivity index (χ0) is 15.9. The molecule has 0 aliphatic carbocycles. The number of rotatable bonds is 7. The van der Waals surface area contributed by atoms with E-state index in [2.05, 4.69) is 10.3 Å². The van der Waals surface area contributed by atoms with Crippen LogP contribution < -0.4 is 10.1 Å². The van der Waals surface area contributed by atoms with E-state index in [0.717, 1.165) is 5.01 Å². The van der Waals surface area contributed by atoms with Crippen molar-refractivity contribution in [2.45, 2.75) is 19.6 Å². The number of carbonyl (C=O) groups excluding carboxylic acids is 1. The summed E-state index contributed by atoms with van der Waals surface area (Å²) in [5, 5.41) is 5.93. The van der Waals surface area contributed by atoms with Gasteiger partial charge in [-0.05, 0) is 31.2 Å². The SMILES string of the molecule is COC[C@@H](C)NC(=O)c1csc(COc2ccc(Cl)cc2)n1. The van der Waals surface area contributed by atoms with Crippen LogP contribution in [0.5, 0.6) is 5.75 Å². The van der Waals surface area contributed by atoms with Gasteiger partial charge in [0.15, 0.2) is 0 Å². The molecule has 1 amide bonds. The first-order valence-electron chi connectivity index (χ1n) is 6.71. The number of hydrogen-bond donors (Lipinski definition) is 1. The van der Waals surface area contributed by atoms with Gasteiger partial charge in [0.2, 0.25) is 0 Å². The highest BCUT2D eigenvalue weighted by Gasteiger charge is 2.13. The number of nitrogens with one attached hydrogen (secondary N) is 1. The number of methoxy groups -OCH3 is 1. The molecule has 118 valence electrons. The van der Waals surface area contributed by atoms with E-state index in [0.29, 0.717) is 29.7 Å². The minimum Gasteiger partial charge on any atom is -0.486 e. The maximum absolute atomic E-state index is 12.0. The predicted molar refractivity (Wildman–Crippen MR) is 86.7 cm³/mol. The molecule has 1 N–H and O–H groups in total. The molecular formula is C15H17ClN2O3S. The fraction of sp³-hybridized carbons (Fsp3) is 0.333. The molecule has 2 aromatic rings. The fourth-order valence-corrected chi connectivity index (χ4v) is 2.56. The number of halogens is 1. The molecule has 1 atom stereocenters. The van der Waals surface area contributed by atoms with Crippen LogP contribution in [0, 0.1) is 0 Å². The molecule has 5 nitrogen and oxygen atoms in total. The van der Waals surface area contributed by atoms with Crippen LogP contribution in [0.3, 0.4) is 0 Å². The molecule has 0 spiro atoms. The second kappa shape index (κ2) is 8.12. The molecule has 0 unspecified atom stereocenters. The molecule has 0 aliphatic heterocycles. The number of carbonyl (C=O) groups is 1. The summed E-state index contributed by atoms with van der Waals surface area (Å²) in [5.74, 6) is 0.498. The number of benzene rings is 1. The Labute approximate surface area is 138 Å². The highest BCUT2D eigenvalue weighted by molar-refractivity contribution is 7.09. The van der Waals surface area contributed by atoms with Crippen molar-refractivity contribution in [3.05, 3.63) is 45.4 Å². The Hall–Kier alpha value is -1.63. The Balaban J connectivity index is 1.88. The van der Waals surface area contributed by atoms with Crippen LogP contribution in [0.2, 0.25) is 5.02 Å². The van der Waals surface area contributed by atoms with Gasteiger partial charge in [-0.1, -0.05) is 11.6 Å². The highest BCUT2D eigenvalue weighted by atomic mass is 35.5. The van der Waals surface area contributed by atoms with Gasteiger partial charge in [-0.3, -0.25) is 4.79 Å². The minimum atomic E-state index is -0.210. The van der Waals surface area contributed by atoms with Crippen LogP contribution in [-0.4, -0.2) is 30.6 Å². The fourth-order valence-electron chi connectivity index (χ4n) is 1.75. The molecule has 0 radical (unpaired) electrons. The van der Waals surface area contributed by atoms with Gasteiger partial charge in [0.05, 0.1) is 6.61 Å².